The number of anilines is 1. The molecular weight excluding hydrogens is 382 g/mol. The zero-order chi connectivity index (χ0) is 21.8. The first-order valence-corrected chi connectivity index (χ1v) is 10.5. The van der Waals surface area contributed by atoms with Crippen LogP contribution in [0.4, 0.5) is 5.82 Å². The lowest BCUT2D eigenvalue weighted by atomic mass is 9.96. The Labute approximate surface area is 176 Å². The van der Waals surface area contributed by atoms with E-state index in [1.807, 2.05) is 38.1 Å². The van der Waals surface area contributed by atoms with Crippen LogP contribution in [0.1, 0.15) is 33.1 Å². The summed E-state index contributed by atoms with van der Waals surface area (Å²) in [5.74, 6) is 0.158. The van der Waals surface area contributed by atoms with Gasteiger partial charge < -0.3 is 19.7 Å². The molecule has 8 heteroatoms. The van der Waals surface area contributed by atoms with Crippen LogP contribution in [0.5, 0.6) is 0 Å². The van der Waals surface area contributed by atoms with Gasteiger partial charge >= 0.3 is 0 Å². The molecular formula is C22H31N5O3. The number of hydrogen-bond donors (Lipinski definition) is 1. The quantitative estimate of drug-likeness (QED) is 0.778. The van der Waals surface area contributed by atoms with Crippen molar-refractivity contribution in [2.45, 2.75) is 45.7 Å². The molecule has 1 aromatic heterocycles. The topological polar surface area (TPSA) is 87.5 Å². The number of nitrogens with zero attached hydrogens (tertiary/aromatic N) is 4. The molecule has 1 saturated heterocycles. The van der Waals surface area contributed by atoms with Crippen molar-refractivity contribution < 1.29 is 9.59 Å². The molecule has 0 saturated carbocycles. The second kappa shape index (κ2) is 9.28. The smallest absolute Gasteiger partial charge is 0.293 e. The molecule has 0 aliphatic carbocycles. The standard InChI is InChI=1S/C22H31N5O3/c1-15(2)23-21(29)16-8-7-12-26(14-16)19(28)11-13-27-18-10-6-5-9-17(18)24-20(22(27)30)25(3)4/h5-6,9-10,15-16H,7-8,11-14H2,1-4H3,(H,23,29). The first kappa shape index (κ1) is 21.8. The normalized spacial score (nSPS) is 16.7. The number of benzene rings is 1. The summed E-state index contributed by atoms with van der Waals surface area (Å²) in [6.07, 6.45) is 1.81. The highest BCUT2D eigenvalue weighted by molar-refractivity contribution is 5.82. The second-order valence-electron chi connectivity index (χ2n) is 8.37. The summed E-state index contributed by atoms with van der Waals surface area (Å²) in [6, 6.07) is 7.54. The SMILES string of the molecule is CC(C)NC(=O)C1CCCN(C(=O)CCn2c(=O)c(N(C)C)nc3ccccc32)C1. The maximum absolute atomic E-state index is 12.9. The fourth-order valence-corrected chi connectivity index (χ4v) is 3.88. The number of piperidine rings is 1. The van der Waals surface area contributed by atoms with Crippen LogP contribution in [0.2, 0.25) is 0 Å². The van der Waals surface area contributed by atoms with E-state index in [4.69, 9.17) is 0 Å². The van der Waals surface area contributed by atoms with E-state index in [1.165, 1.54) is 0 Å². The molecule has 2 aromatic rings. The van der Waals surface area contributed by atoms with Crippen LogP contribution in [-0.4, -0.2) is 59.5 Å². The Balaban J connectivity index is 1.74. The largest absolute Gasteiger partial charge is 0.358 e. The van der Waals surface area contributed by atoms with Crippen LogP contribution in [0.15, 0.2) is 29.1 Å². The molecule has 162 valence electrons. The van der Waals surface area contributed by atoms with Gasteiger partial charge in [0.2, 0.25) is 11.8 Å². The third-order valence-electron chi connectivity index (χ3n) is 5.38. The summed E-state index contributed by atoms with van der Waals surface area (Å²) in [5.41, 5.74) is 1.23. The van der Waals surface area contributed by atoms with Gasteiger partial charge in [-0.1, -0.05) is 12.1 Å². The molecule has 2 amide bonds. The van der Waals surface area contributed by atoms with E-state index in [0.29, 0.717) is 24.4 Å². The molecule has 0 spiro atoms. The summed E-state index contributed by atoms with van der Waals surface area (Å²) >= 11 is 0. The zero-order valence-electron chi connectivity index (χ0n) is 18.2. The van der Waals surface area contributed by atoms with Crippen LogP contribution >= 0.6 is 0 Å². The molecule has 0 radical (unpaired) electrons. The number of nitrogens with one attached hydrogen (secondary N) is 1. The Morgan fingerprint density at radius 3 is 2.70 bits per heavy atom. The summed E-state index contributed by atoms with van der Waals surface area (Å²) in [5, 5.41) is 2.94. The van der Waals surface area contributed by atoms with E-state index in [0.717, 1.165) is 18.4 Å². The van der Waals surface area contributed by atoms with Crippen LogP contribution in [0, 0.1) is 5.92 Å². The van der Waals surface area contributed by atoms with E-state index in [2.05, 4.69) is 10.3 Å². The van der Waals surface area contributed by atoms with E-state index in [1.54, 1.807) is 28.5 Å². The number of amides is 2. The van der Waals surface area contributed by atoms with Crippen molar-refractivity contribution in [2.75, 3.05) is 32.1 Å². The molecule has 1 unspecified atom stereocenters. The van der Waals surface area contributed by atoms with Gasteiger partial charge in [0, 0.05) is 46.2 Å². The first-order valence-electron chi connectivity index (χ1n) is 10.5. The predicted molar refractivity (Wildman–Crippen MR) is 118 cm³/mol. The van der Waals surface area contributed by atoms with Crippen molar-refractivity contribution in [1.82, 2.24) is 19.8 Å². The molecule has 8 nitrogen and oxygen atoms in total. The third kappa shape index (κ3) is 4.80. The summed E-state index contributed by atoms with van der Waals surface area (Å²) < 4.78 is 1.63. The van der Waals surface area contributed by atoms with Gasteiger partial charge in [-0.15, -0.1) is 0 Å². The Morgan fingerprint density at radius 2 is 2.00 bits per heavy atom. The highest BCUT2D eigenvalue weighted by atomic mass is 16.2. The molecule has 1 fully saturated rings. The van der Waals surface area contributed by atoms with Gasteiger partial charge in [-0.05, 0) is 38.8 Å². The number of hydrogen-bond acceptors (Lipinski definition) is 5. The number of aryl methyl sites for hydroxylation is 1. The Morgan fingerprint density at radius 1 is 1.27 bits per heavy atom. The summed E-state index contributed by atoms with van der Waals surface area (Å²) in [4.78, 5) is 46.1. The van der Waals surface area contributed by atoms with Gasteiger partial charge in [0.1, 0.15) is 0 Å². The van der Waals surface area contributed by atoms with Crippen LogP contribution < -0.4 is 15.8 Å². The number of rotatable bonds is 6. The maximum Gasteiger partial charge on any atom is 0.293 e. The monoisotopic (exact) mass is 413 g/mol. The number of fused-ring (bicyclic) bond motifs is 1. The van der Waals surface area contributed by atoms with E-state index >= 15 is 0 Å². The fourth-order valence-electron chi connectivity index (χ4n) is 3.88. The van der Waals surface area contributed by atoms with E-state index in [-0.39, 0.29) is 42.3 Å². The lowest BCUT2D eigenvalue weighted by Crippen LogP contribution is -2.47. The molecule has 2 heterocycles. The van der Waals surface area contributed by atoms with E-state index in [9.17, 15) is 14.4 Å². The van der Waals surface area contributed by atoms with Crippen molar-refractivity contribution in [3.05, 3.63) is 34.6 Å². The van der Waals surface area contributed by atoms with Gasteiger partial charge in [0.05, 0.1) is 17.0 Å². The fraction of sp³-hybridized carbons (Fsp3) is 0.545. The first-order chi connectivity index (χ1) is 14.3. The minimum Gasteiger partial charge on any atom is -0.358 e. The van der Waals surface area contributed by atoms with Gasteiger partial charge in [0.25, 0.3) is 5.56 Å². The molecule has 1 aromatic carbocycles. The maximum atomic E-state index is 12.9. The molecule has 30 heavy (non-hydrogen) atoms. The molecule has 1 N–H and O–H groups in total. The van der Waals surface area contributed by atoms with Crippen molar-refractivity contribution >= 4 is 28.7 Å². The van der Waals surface area contributed by atoms with Crippen LogP contribution in [-0.2, 0) is 16.1 Å². The lowest BCUT2D eigenvalue weighted by Gasteiger charge is -2.32. The average molecular weight is 414 g/mol. The zero-order valence-corrected chi connectivity index (χ0v) is 18.2. The van der Waals surface area contributed by atoms with Gasteiger partial charge in [-0.3, -0.25) is 14.4 Å². The second-order valence-corrected chi connectivity index (χ2v) is 8.37. The Bertz CT molecular complexity index is 982. The number of carbonyl (C=O) groups excluding carboxylic acids is 2. The summed E-state index contributed by atoms with van der Waals surface area (Å²) in [7, 11) is 3.56. The Hall–Kier alpha value is -2.90. The molecule has 3 rings (SSSR count). The number of likely N-dealkylation sites (tertiary alicyclic amines) is 1. The van der Waals surface area contributed by atoms with Crippen molar-refractivity contribution in [2.24, 2.45) is 5.92 Å². The van der Waals surface area contributed by atoms with Gasteiger partial charge in [-0.2, -0.15) is 0 Å². The molecule has 1 atom stereocenters. The van der Waals surface area contributed by atoms with Crippen molar-refractivity contribution in [3.63, 3.8) is 0 Å². The van der Waals surface area contributed by atoms with E-state index < -0.39 is 0 Å². The number of aromatic nitrogens is 2. The van der Waals surface area contributed by atoms with Crippen LogP contribution in [0.3, 0.4) is 0 Å². The predicted octanol–water partition coefficient (Wildman–Crippen LogP) is 1.62. The minimum absolute atomic E-state index is 0.00877. The molecule has 1 aliphatic rings. The highest BCUT2D eigenvalue weighted by Crippen LogP contribution is 2.19. The number of carbonyl (C=O) groups is 2. The third-order valence-corrected chi connectivity index (χ3v) is 5.38. The highest BCUT2D eigenvalue weighted by Gasteiger charge is 2.28. The average Bonchev–Trinajstić information content (AvgIpc) is 2.72. The molecule has 0 bridgehead atoms. The van der Waals surface area contributed by atoms with Gasteiger partial charge in [0.15, 0.2) is 5.82 Å². The van der Waals surface area contributed by atoms with Gasteiger partial charge in [-0.25, -0.2) is 4.98 Å². The Kier molecular flexibility index (Phi) is 6.74. The minimum atomic E-state index is -0.209. The number of para-hydroxylation sites is 2. The van der Waals surface area contributed by atoms with Crippen molar-refractivity contribution in [1.29, 1.82) is 0 Å². The summed E-state index contributed by atoms with van der Waals surface area (Å²) in [6.45, 7) is 5.23. The molecule has 1 aliphatic heterocycles. The van der Waals surface area contributed by atoms with Crippen LogP contribution in [0.25, 0.3) is 11.0 Å². The van der Waals surface area contributed by atoms with Crippen molar-refractivity contribution in [3.8, 4) is 0 Å². The lowest BCUT2D eigenvalue weighted by molar-refractivity contribution is -0.136.